The Morgan fingerprint density at radius 3 is 1.29 bits per heavy atom. The molecule has 2 saturated heterocycles. The molecule has 8 N–H and O–H groups in total. The average Bonchev–Trinajstić information content (AvgIpc) is 3.35. The fourth-order valence-electron chi connectivity index (χ4n) is 7.26. The van der Waals surface area contributed by atoms with E-state index < -0.39 is 105 Å². The lowest BCUT2D eigenvalue weighted by Gasteiger charge is -2.44. The summed E-state index contributed by atoms with van der Waals surface area (Å²) in [6, 6.07) is 7.67. The van der Waals surface area contributed by atoms with Gasteiger partial charge in [-0.05, 0) is 101 Å². The average molecular weight is 1150 g/mol. The van der Waals surface area contributed by atoms with Gasteiger partial charge in [-0.1, -0.05) is 62.8 Å². The zero-order chi connectivity index (χ0) is 60.6. The van der Waals surface area contributed by atoms with Crippen LogP contribution >= 0.6 is 0 Å². The fourth-order valence-corrected chi connectivity index (χ4v) is 7.26. The van der Waals surface area contributed by atoms with E-state index in [1.807, 2.05) is 48.5 Å². The quantitative estimate of drug-likeness (QED) is 0.0470. The van der Waals surface area contributed by atoms with Crippen LogP contribution in [-0.4, -0.2) is 126 Å². The molecule has 3 aromatic rings. The molecule has 6 atom stereocenters. The number of ketones is 2. The topological polar surface area (TPSA) is 262 Å². The number of Topliss-reactive ketones (excluding diaryl/α,β-unsaturated/α-hetero) is 2. The van der Waals surface area contributed by atoms with Crippen LogP contribution in [0, 0.1) is 63.0 Å². The summed E-state index contributed by atoms with van der Waals surface area (Å²) in [6.45, 7) is 24.4. The van der Waals surface area contributed by atoms with Gasteiger partial charge in [-0.25, -0.2) is 31.1 Å². The Morgan fingerprint density at radius 1 is 0.613 bits per heavy atom. The van der Waals surface area contributed by atoms with Crippen LogP contribution in [0.25, 0.3) is 0 Å². The number of nitrogens with one attached hydrogen (secondary N) is 3. The van der Waals surface area contributed by atoms with Crippen LogP contribution < -0.4 is 21.7 Å². The van der Waals surface area contributed by atoms with Crippen molar-refractivity contribution >= 4 is 35.3 Å². The van der Waals surface area contributed by atoms with Gasteiger partial charge in [0.05, 0.1) is 36.5 Å². The highest BCUT2D eigenvalue weighted by Gasteiger charge is 2.47. The second-order valence-electron chi connectivity index (χ2n) is 22.8. The SMILES string of the molecule is C.C[C@@H](CNC(=O)[C@@H]1OC(C)(C)OCC1(C)C)CC(=O)c1cc(F)ccc1F.C[C@@H](CNC(=O)[C@H](O)C(C)(C)CO)CC(=O)c1cc(F)ccc1F.C[C@H](N)CNC(=O)[C@@H]1OC(C)(C)OCC1(C)C.O=C(O)c1cc(F)ccc1F. The van der Waals surface area contributed by atoms with Crippen molar-refractivity contribution in [3.8, 4) is 0 Å². The van der Waals surface area contributed by atoms with Crippen molar-refractivity contribution in [1.82, 2.24) is 16.0 Å². The zero-order valence-corrected chi connectivity index (χ0v) is 47.1. The molecule has 0 aliphatic carbocycles. The van der Waals surface area contributed by atoms with Gasteiger partial charge in [0.15, 0.2) is 23.1 Å². The maximum absolute atomic E-state index is 13.7. The summed E-state index contributed by atoms with van der Waals surface area (Å²) in [5, 5.41) is 35.3. The van der Waals surface area contributed by atoms with E-state index in [0.717, 1.165) is 48.5 Å². The lowest BCUT2D eigenvalue weighted by atomic mass is 9.85. The highest BCUT2D eigenvalue weighted by Crippen LogP contribution is 2.36. The van der Waals surface area contributed by atoms with Crippen LogP contribution in [0.5, 0.6) is 0 Å². The Morgan fingerprint density at radius 2 is 0.950 bits per heavy atom. The Kier molecular flexibility index (Phi) is 27.8. The van der Waals surface area contributed by atoms with E-state index in [0.29, 0.717) is 25.8 Å². The molecule has 17 nitrogen and oxygen atoms in total. The van der Waals surface area contributed by atoms with E-state index in [1.165, 1.54) is 13.8 Å². The normalized spacial score (nSPS) is 19.1. The maximum Gasteiger partial charge on any atom is 0.338 e. The smallest absolute Gasteiger partial charge is 0.338 e. The highest BCUT2D eigenvalue weighted by molar-refractivity contribution is 5.97. The molecule has 0 unspecified atom stereocenters. The van der Waals surface area contributed by atoms with Crippen molar-refractivity contribution in [3.05, 3.63) is 106 Å². The number of benzene rings is 3. The van der Waals surface area contributed by atoms with Crippen molar-refractivity contribution in [3.63, 3.8) is 0 Å². The molecule has 80 heavy (non-hydrogen) atoms. The summed E-state index contributed by atoms with van der Waals surface area (Å²) in [5.41, 5.74) is 2.54. The molecular formula is C57H82F6N4O13. The standard InChI is InChI=1S/C20H27F2NO4.C17H23F2NO4.C12H24N2O3.C7H4F2O2.CH4/c1-12(8-16(24)14-9-13(21)6-7-15(14)22)10-23-18(25)17-19(2,3)11-26-20(4,5)27-17;1-10(8-20-16(24)15(23)17(2,3)9-21)6-14(22)12-7-11(18)4-5-13(12)19;1-8(13)6-14-10(15)9-11(2,3)7-16-12(4,5)17-9;8-4-1-2-6(9)5(3-4)7(10)11;/h6-7,9,12,17H,8,10-11H2,1-5H3,(H,23,25);4-5,7,10,15,21,23H,6,8-9H2,1-3H3,(H,20,24);8-9H,6-7,13H2,1-5H3,(H,14,15);1-3H,(H,10,11);1H4/t12-,17+;10-,15+;8-,9-;;/m110../s1. The zero-order valence-electron chi connectivity index (χ0n) is 47.1. The number of hydrogen-bond donors (Lipinski definition) is 7. The highest BCUT2D eigenvalue weighted by atomic mass is 19.1. The van der Waals surface area contributed by atoms with Crippen LogP contribution in [0.15, 0.2) is 54.6 Å². The lowest BCUT2D eigenvalue weighted by Crippen LogP contribution is -2.57. The summed E-state index contributed by atoms with van der Waals surface area (Å²) < 4.78 is 101. The van der Waals surface area contributed by atoms with Gasteiger partial charge in [0.1, 0.15) is 53.2 Å². The number of amides is 3. The number of aliphatic hydroxyl groups is 2. The van der Waals surface area contributed by atoms with E-state index >= 15 is 0 Å². The first-order chi connectivity index (χ1) is 36.2. The van der Waals surface area contributed by atoms with Gasteiger partial charge in [0, 0.05) is 54.8 Å². The van der Waals surface area contributed by atoms with Gasteiger partial charge in [-0.15, -0.1) is 0 Å². The lowest BCUT2D eigenvalue weighted by molar-refractivity contribution is -0.304. The van der Waals surface area contributed by atoms with Crippen molar-refractivity contribution in [2.24, 2.45) is 33.8 Å². The van der Waals surface area contributed by atoms with Crippen molar-refractivity contribution in [1.29, 1.82) is 0 Å². The molecule has 2 aliphatic heterocycles. The predicted octanol–water partition coefficient (Wildman–Crippen LogP) is 8.06. The van der Waals surface area contributed by atoms with E-state index in [2.05, 4.69) is 16.0 Å². The number of carboxylic acid groups (broad SMARTS) is 1. The monoisotopic (exact) mass is 1140 g/mol. The first kappa shape index (κ1) is 72.2. The first-order valence-corrected chi connectivity index (χ1v) is 25.4. The van der Waals surface area contributed by atoms with E-state index in [4.69, 9.17) is 34.9 Å². The summed E-state index contributed by atoms with van der Waals surface area (Å²) in [5.74, 6) is -10.4. The molecule has 0 radical (unpaired) electrons. The fraction of sp³-hybridized carbons (Fsp3) is 0.579. The minimum Gasteiger partial charge on any atom is -0.478 e. The van der Waals surface area contributed by atoms with Gasteiger partial charge in [0.2, 0.25) is 17.7 Å². The summed E-state index contributed by atoms with van der Waals surface area (Å²) in [6.07, 6.45) is -2.69. The summed E-state index contributed by atoms with van der Waals surface area (Å²) >= 11 is 0. The number of rotatable bonds is 18. The second-order valence-corrected chi connectivity index (χ2v) is 22.8. The van der Waals surface area contributed by atoms with E-state index in [-0.39, 0.29) is 86.2 Å². The molecule has 3 aromatic carbocycles. The number of nitrogens with two attached hydrogens (primary N) is 1. The molecular weight excluding hydrogens is 1060 g/mol. The van der Waals surface area contributed by atoms with Gasteiger partial charge in [-0.3, -0.25) is 24.0 Å². The molecule has 450 valence electrons. The van der Waals surface area contributed by atoms with Crippen molar-refractivity contribution < 1.29 is 89.4 Å². The molecule has 23 heteroatoms. The Labute approximate surface area is 465 Å². The van der Waals surface area contributed by atoms with Crippen LogP contribution in [0.1, 0.15) is 141 Å². The van der Waals surface area contributed by atoms with Gasteiger partial charge >= 0.3 is 5.97 Å². The van der Waals surface area contributed by atoms with Crippen LogP contribution in [0.3, 0.4) is 0 Å². The number of carbonyl (C=O) groups is 6. The van der Waals surface area contributed by atoms with Crippen LogP contribution in [-0.2, 0) is 33.3 Å². The summed E-state index contributed by atoms with van der Waals surface area (Å²) in [7, 11) is 0. The van der Waals surface area contributed by atoms with E-state index in [9.17, 15) is 60.2 Å². The number of ether oxygens (including phenoxy) is 4. The molecule has 5 rings (SSSR count). The minimum atomic E-state index is -1.47. The number of hydrogen-bond acceptors (Lipinski definition) is 13. The van der Waals surface area contributed by atoms with Gasteiger partial charge in [0.25, 0.3) is 0 Å². The number of aromatic carboxylic acids is 1. The number of carbonyl (C=O) groups excluding carboxylic acids is 5. The molecule has 0 aromatic heterocycles. The summed E-state index contributed by atoms with van der Waals surface area (Å²) in [4.78, 5) is 70.9. The van der Waals surface area contributed by atoms with Crippen LogP contribution in [0.2, 0.25) is 0 Å². The molecule has 2 aliphatic rings. The molecule has 0 saturated carbocycles. The molecule has 2 heterocycles. The van der Waals surface area contributed by atoms with Crippen molar-refractivity contribution in [2.75, 3.05) is 39.5 Å². The largest absolute Gasteiger partial charge is 0.478 e. The third kappa shape index (κ3) is 23.3. The Bertz CT molecular complexity index is 2580. The molecule has 0 spiro atoms. The third-order valence-electron chi connectivity index (χ3n) is 12.2. The Hall–Kier alpha value is -5.82. The minimum absolute atomic E-state index is 0. The first-order valence-electron chi connectivity index (χ1n) is 25.4. The predicted molar refractivity (Wildman–Crippen MR) is 286 cm³/mol. The molecule has 0 bridgehead atoms. The van der Waals surface area contributed by atoms with E-state index in [1.54, 1.807) is 27.7 Å². The van der Waals surface area contributed by atoms with Crippen LogP contribution in [0.4, 0.5) is 26.3 Å². The number of carboxylic acids is 1. The van der Waals surface area contributed by atoms with Crippen molar-refractivity contribution in [2.45, 2.75) is 146 Å². The van der Waals surface area contributed by atoms with Gasteiger partial charge < -0.3 is 56.0 Å². The molecule has 3 amide bonds. The van der Waals surface area contributed by atoms with Gasteiger partial charge in [-0.2, -0.15) is 0 Å². The Balaban J connectivity index is 0.000000554. The maximum atomic E-state index is 13.7. The number of aliphatic hydroxyl groups excluding tert-OH is 2. The number of halogens is 6. The second kappa shape index (κ2) is 30.8. The molecule has 2 fully saturated rings. The third-order valence-corrected chi connectivity index (χ3v) is 12.2.